The molecule has 0 aliphatic rings. The molecular formula is C23H22FN3O5S. The van der Waals surface area contributed by atoms with Crippen molar-refractivity contribution in [1.29, 1.82) is 0 Å². The van der Waals surface area contributed by atoms with Crippen LogP contribution in [0, 0.1) is 12.7 Å². The van der Waals surface area contributed by atoms with E-state index in [2.05, 4.69) is 4.98 Å². The predicted molar refractivity (Wildman–Crippen MR) is 121 cm³/mol. The second kappa shape index (κ2) is 9.37. The maximum atomic E-state index is 13.7. The number of hydrogen-bond acceptors (Lipinski definition) is 6. The van der Waals surface area contributed by atoms with Crippen LogP contribution in [0.25, 0.3) is 11.1 Å². The number of benzene rings is 2. The Morgan fingerprint density at radius 2 is 1.85 bits per heavy atom. The fourth-order valence-corrected chi connectivity index (χ4v) is 4.12. The van der Waals surface area contributed by atoms with E-state index in [9.17, 15) is 22.4 Å². The summed E-state index contributed by atoms with van der Waals surface area (Å²) >= 11 is 0. The fourth-order valence-electron chi connectivity index (χ4n) is 3.38. The van der Waals surface area contributed by atoms with Gasteiger partial charge in [-0.15, -0.1) is 0 Å². The third-order valence-electron chi connectivity index (χ3n) is 4.83. The minimum Gasteiger partial charge on any atom is -0.496 e. The molecular weight excluding hydrogens is 449 g/mol. The van der Waals surface area contributed by atoms with Gasteiger partial charge in [0.25, 0.3) is 5.91 Å². The maximum Gasteiger partial charge on any atom is 0.258 e. The monoisotopic (exact) mass is 471 g/mol. The van der Waals surface area contributed by atoms with E-state index in [0.29, 0.717) is 16.7 Å². The molecule has 0 fully saturated rings. The molecule has 2 aromatic carbocycles. The summed E-state index contributed by atoms with van der Waals surface area (Å²) in [5.41, 5.74) is 7.13. The summed E-state index contributed by atoms with van der Waals surface area (Å²) in [5.74, 6) is -1.74. The summed E-state index contributed by atoms with van der Waals surface area (Å²) in [6.07, 6.45) is 3.88. The predicted octanol–water partition coefficient (Wildman–Crippen LogP) is 2.74. The zero-order valence-electron chi connectivity index (χ0n) is 18.2. The van der Waals surface area contributed by atoms with Crippen molar-refractivity contribution in [3.05, 3.63) is 71.8 Å². The minimum atomic E-state index is -3.59. The molecule has 0 saturated heterocycles. The first-order chi connectivity index (χ1) is 15.5. The normalized spacial score (nSPS) is 11.2. The number of carbonyl (C=O) groups is 2. The Labute approximate surface area is 190 Å². The van der Waals surface area contributed by atoms with Crippen molar-refractivity contribution in [3.63, 3.8) is 0 Å². The number of pyridine rings is 1. The zero-order chi connectivity index (χ0) is 24.3. The van der Waals surface area contributed by atoms with Crippen LogP contribution in [-0.2, 0) is 14.6 Å². The van der Waals surface area contributed by atoms with Crippen molar-refractivity contribution >= 4 is 27.3 Å². The molecule has 0 atom stereocenters. The van der Waals surface area contributed by atoms with Gasteiger partial charge in [-0.3, -0.25) is 19.5 Å². The van der Waals surface area contributed by atoms with Gasteiger partial charge in [0.15, 0.2) is 9.84 Å². The number of aryl methyl sites for hydroxylation is 1. The average Bonchev–Trinajstić information content (AvgIpc) is 2.76. The van der Waals surface area contributed by atoms with Crippen LogP contribution in [0.3, 0.4) is 0 Å². The van der Waals surface area contributed by atoms with Gasteiger partial charge in [-0.2, -0.15) is 0 Å². The molecule has 3 rings (SSSR count). The second-order valence-electron chi connectivity index (χ2n) is 7.40. The van der Waals surface area contributed by atoms with Gasteiger partial charge in [0, 0.05) is 35.2 Å². The maximum absolute atomic E-state index is 13.7. The first-order valence-corrected chi connectivity index (χ1v) is 11.6. The number of nitrogens with zero attached hydrogens (tertiary/aromatic N) is 2. The van der Waals surface area contributed by atoms with Gasteiger partial charge in [0.1, 0.15) is 18.1 Å². The molecule has 0 bridgehead atoms. The highest BCUT2D eigenvalue weighted by Gasteiger charge is 2.25. The van der Waals surface area contributed by atoms with E-state index in [1.807, 2.05) is 0 Å². The number of ether oxygens (including phenoxy) is 1. The number of primary amides is 1. The molecule has 0 radical (unpaired) electrons. The van der Waals surface area contributed by atoms with Crippen molar-refractivity contribution < 1.29 is 27.1 Å². The molecule has 33 heavy (non-hydrogen) atoms. The number of carbonyl (C=O) groups excluding carboxylic acids is 2. The fraction of sp³-hybridized carbons (Fsp3) is 0.174. The van der Waals surface area contributed by atoms with E-state index in [0.717, 1.165) is 11.2 Å². The highest BCUT2D eigenvalue weighted by atomic mass is 32.2. The summed E-state index contributed by atoms with van der Waals surface area (Å²) in [6, 6.07) is 9.70. The van der Waals surface area contributed by atoms with E-state index < -0.39 is 34.0 Å². The van der Waals surface area contributed by atoms with Gasteiger partial charge in [-0.25, -0.2) is 12.8 Å². The lowest BCUT2D eigenvalue weighted by Gasteiger charge is -2.24. The Morgan fingerprint density at radius 1 is 1.12 bits per heavy atom. The zero-order valence-corrected chi connectivity index (χ0v) is 19.0. The number of methoxy groups -OCH3 is 1. The molecule has 0 aliphatic carbocycles. The number of anilines is 1. The average molecular weight is 472 g/mol. The number of nitrogens with two attached hydrogens (primary N) is 1. The minimum absolute atomic E-state index is 0.0310. The third-order valence-corrected chi connectivity index (χ3v) is 5.92. The van der Waals surface area contributed by atoms with E-state index in [1.165, 1.54) is 55.9 Å². The molecule has 172 valence electrons. The molecule has 8 nitrogen and oxygen atoms in total. The van der Waals surface area contributed by atoms with Crippen molar-refractivity contribution in [2.45, 2.75) is 11.8 Å². The first-order valence-electron chi connectivity index (χ1n) is 9.71. The Bertz CT molecular complexity index is 1340. The third kappa shape index (κ3) is 5.35. The van der Waals surface area contributed by atoms with Crippen LogP contribution >= 0.6 is 0 Å². The largest absolute Gasteiger partial charge is 0.496 e. The van der Waals surface area contributed by atoms with E-state index >= 15 is 0 Å². The Morgan fingerprint density at radius 3 is 2.48 bits per heavy atom. The van der Waals surface area contributed by atoms with Crippen LogP contribution in [0.1, 0.15) is 15.9 Å². The van der Waals surface area contributed by atoms with Crippen LogP contribution in [0.15, 0.2) is 59.8 Å². The molecule has 0 saturated carbocycles. The van der Waals surface area contributed by atoms with Gasteiger partial charge in [-0.1, -0.05) is 0 Å². The first kappa shape index (κ1) is 23.9. The van der Waals surface area contributed by atoms with Gasteiger partial charge in [0.2, 0.25) is 5.91 Å². The summed E-state index contributed by atoms with van der Waals surface area (Å²) in [4.78, 5) is 30.5. The number of amides is 2. The number of sulfone groups is 1. The van der Waals surface area contributed by atoms with Crippen LogP contribution in [0.4, 0.5) is 10.1 Å². The van der Waals surface area contributed by atoms with Crippen LogP contribution in [-0.4, -0.2) is 45.1 Å². The number of hydrogen-bond donors (Lipinski definition) is 1. The van der Waals surface area contributed by atoms with Gasteiger partial charge >= 0.3 is 0 Å². The second-order valence-corrected chi connectivity index (χ2v) is 9.42. The van der Waals surface area contributed by atoms with Gasteiger partial charge < -0.3 is 10.5 Å². The van der Waals surface area contributed by atoms with E-state index in [1.54, 1.807) is 13.0 Å². The molecule has 0 unspecified atom stereocenters. The molecule has 2 amide bonds. The molecule has 10 heteroatoms. The van der Waals surface area contributed by atoms with Crippen LogP contribution < -0.4 is 15.4 Å². The highest BCUT2D eigenvalue weighted by molar-refractivity contribution is 7.90. The molecule has 0 spiro atoms. The summed E-state index contributed by atoms with van der Waals surface area (Å²) in [6.45, 7) is 1.16. The molecule has 2 N–H and O–H groups in total. The van der Waals surface area contributed by atoms with Crippen molar-refractivity contribution in [1.82, 2.24) is 4.98 Å². The number of aromatic nitrogens is 1. The molecule has 0 aliphatic heterocycles. The van der Waals surface area contributed by atoms with E-state index in [4.69, 9.17) is 10.5 Å². The lowest BCUT2D eigenvalue weighted by Crippen LogP contribution is -2.39. The molecule has 1 heterocycles. The van der Waals surface area contributed by atoms with E-state index in [-0.39, 0.29) is 21.9 Å². The number of rotatable bonds is 7. The Balaban J connectivity index is 2.20. The Hall–Kier alpha value is -3.79. The lowest BCUT2D eigenvalue weighted by molar-refractivity contribution is -0.116. The summed E-state index contributed by atoms with van der Waals surface area (Å²) in [7, 11) is -2.21. The van der Waals surface area contributed by atoms with Gasteiger partial charge in [-0.05, 0) is 48.9 Å². The molecule has 3 aromatic rings. The summed E-state index contributed by atoms with van der Waals surface area (Å²) in [5, 5.41) is 0. The SMILES string of the molecule is COc1cc(F)ccc1-c1ccncc1N(CC(N)=O)C(=O)c1cc(C)cc(S(C)(=O)=O)c1. The highest BCUT2D eigenvalue weighted by Crippen LogP contribution is 2.37. The van der Waals surface area contributed by atoms with Crippen molar-refractivity contribution in [2.75, 3.05) is 24.8 Å². The number of halogens is 1. The van der Waals surface area contributed by atoms with Crippen LogP contribution in [0.5, 0.6) is 5.75 Å². The molecule has 1 aromatic heterocycles. The Kier molecular flexibility index (Phi) is 6.78. The van der Waals surface area contributed by atoms with Crippen LogP contribution in [0.2, 0.25) is 0 Å². The lowest BCUT2D eigenvalue weighted by atomic mass is 10.0. The van der Waals surface area contributed by atoms with Gasteiger partial charge in [0.05, 0.1) is 23.9 Å². The summed E-state index contributed by atoms with van der Waals surface area (Å²) < 4.78 is 43.1. The smallest absolute Gasteiger partial charge is 0.258 e. The van der Waals surface area contributed by atoms with Crippen molar-refractivity contribution in [3.8, 4) is 16.9 Å². The quantitative estimate of drug-likeness (QED) is 0.566. The van der Waals surface area contributed by atoms with Crippen molar-refractivity contribution in [2.24, 2.45) is 5.73 Å². The standard InChI is InChI=1S/C23H22FN3O5S/c1-14-8-15(10-17(9-14)33(3,30)31)23(29)27(13-22(25)28)20-12-26-7-6-18(20)19-5-4-16(24)11-21(19)32-2/h4-12H,13H2,1-3H3,(H2,25,28). The topological polar surface area (TPSA) is 120 Å².